The Morgan fingerprint density at radius 2 is 2.29 bits per heavy atom. The number of aromatic nitrogens is 2. The second-order valence-electron chi connectivity index (χ2n) is 4.99. The standard InChI is InChI=1S/C13H18N4O4/c1-3-5-13(15)10(19)9(7(2)18)21-11(13)17-6-4-8(14)16-12(17)20/h4,6-7,9-11,18-19H,15H2,1-2H3,(H2,14,16,20)/t7-,9-,10+,11-,13?/m1/s1. The molecule has 1 aliphatic heterocycles. The van der Waals surface area contributed by atoms with Crippen LogP contribution in [-0.4, -0.2) is 43.6 Å². The molecule has 2 rings (SSSR count). The van der Waals surface area contributed by atoms with Gasteiger partial charge in [0.25, 0.3) is 0 Å². The molecule has 8 heteroatoms. The lowest BCUT2D eigenvalue weighted by Crippen LogP contribution is -2.55. The summed E-state index contributed by atoms with van der Waals surface area (Å²) in [6, 6.07) is 1.41. The molecule has 8 nitrogen and oxygen atoms in total. The fourth-order valence-corrected chi connectivity index (χ4v) is 2.38. The fourth-order valence-electron chi connectivity index (χ4n) is 2.38. The number of nitrogens with two attached hydrogens (primary N) is 2. The summed E-state index contributed by atoms with van der Waals surface area (Å²) in [5.74, 6) is 5.34. The summed E-state index contributed by atoms with van der Waals surface area (Å²) in [5.41, 5.74) is 9.37. The molecule has 0 aliphatic carbocycles. The van der Waals surface area contributed by atoms with E-state index in [2.05, 4.69) is 16.8 Å². The first-order valence-electron chi connectivity index (χ1n) is 6.40. The predicted molar refractivity (Wildman–Crippen MR) is 74.9 cm³/mol. The molecule has 1 fully saturated rings. The molecule has 2 heterocycles. The van der Waals surface area contributed by atoms with E-state index < -0.39 is 35.8 Å². The minimum Gasteiger partial charge on any atom is -0.391 e. The van der Waals surface area contributed by atoms with Crippen LogP contribution in [0.3, 0.4) is 0 Å². The third kappa shape index (κ3) is 2.52. The number of aliphatic hydroxyl groups is 2. The van der Waals surface area contributed by atoms with Crippen LogP contribution in [0.4, 0.5) is 5.82 Å². The smallest absolute Gasteiger partial charge is 0.351 e. The van der Waals surface area contributed by atoms with Gasteiger partial charge >= 0.3 is 5.69 Å². The first-order valence-corrected chi connectivity index (χ1v) is 6.40. The van der Waals surface area contributed by atoms with Crippen molar-refractivity contribution in [3.63, 3.8) is 0 Å². The topological polar surface area (TPSA) is 137 Å². The number of nitrogen functional groups attached to an aromatic ring is 1. The van der Waals surface area contributed by atoms with Crippen LogP contribution >= 0.6 is 0 Å². The highest BCUT2D eigenvalue weighted by Crippen LogP contribution is 2.36. The minimum atomic E-state index is -1.54. The zero-order valence-electron chi connectivity index (χ0n) is 11.7. The van der Waals surface area contributed by atoms with Crippen molar-refractivity contribution in [1.29, 1.82) is 0 Å². The van der Waals surface area contributed by atoms with Crippen molar-refractivity contribution in [2.24, 2.45) is 5.73 Å². The summed E-state index contributed by atoms with van der Waals surface area (Å²) in [7, 11) is 0. The molecule has 1 aromatic heterocycles. The lowest BCUT2D eigenvalue weighted by molar-refractivity contribution is -0.0778. The lowest BCUT2D eigenvalue weighted by Gasteiger charge is -2.27. The average Bonchev–Trinajstić information content (AvgIpc) is 2.64. The predicted octanol–water partition coefficient (Wildman–Crippen LogP) is -1.81. The quantitative estimate of drug-likeness (QED) is 0.472. The summed E-state index contributed by atoms with van der Waals surface area (Å²) in [5, 5.41) is 20.0. The molecular formula is C13H18N4O4. The van der Waals surface area contributed by atoms with E-state index in [0.29, 0.717) is 0 Å². The van der Waals surface area contributed by atoms with Crippen LogP contribution in [0.5, 0.6) is 0 Å². The number of rotatable bonds is 2. The van der Waals surface area contributed by atoms with Crippen LogP contribution in [-0.2, 0) is 4.74 Å². The van der Waals surface area contributed by atoms with Crippen molar-refractivity contribution < 1.29 is 14.9 Å². The Morgan fingerprint density at radius 1 is 1.62 bits per heavy atom. The molecule has 5 atom stereocenters. The van der Waals surface area contributed by atoms with Gasteiger partial charge in [0.05, 0.1) is 6.10 Å². The van der Waals surface area contributed by atoms with Gasteiger partial charge in [-0.2, -0.15) is 4.98 Å². The number of nitrogens with zero attached hydrogens (tertiary/aromatic N) is 2. The Bertz CT molecular complexity index is 648. The Morgan fingerprint density at radius 3 is 2.81 bits per heavy atom. The number of hydrogen-bond acceptors (Lipinski definition) is 7. The molecule has 0 radical (unpaired) electrons. The lowest BCUT2D eigenvalue weighted by atomic mass is 9.90. The number of ether oxygens (including phenoxy) is 1. The molecule has 1 aromatic rings. The second kappa shape index (κ2) is 5.46. The zero-order chi connectivity index (χ0) is 15.8. The molecule has 1 saturated heterocycles. The first-order chi connectivity index (χ1) is 9.81. The highest BCUT2D eigenvalue weighted by atomic mass is 16.5. The van der Waals surface area contributed by atoms with Crippen molar-refractivity contribution >= 4 is 5.82 Å². The highest BCUT2D eigenvalue weighted by Gasteiger charge is 2.55. The maximum atomic E-state index is 11.9. The van der Waals surface area contributed by atoms with Crippen LogP contribution < -0.4 is 17.2 Å². The number of aliphatic hydroxyl groups excluding tert-OH is 2. The second-order valence-corrected chi connectivity index (χ2v) is 4.99. The van der Waals surface area contributed by atoms with Gasteiger partial charge in [-0.15, -0.1) is 5.92 Å². The van der Waals surface area contributed by atoms with Crippen LogP contribution in [0.25, 0.3) is 0 Å². The van der Waals surface area contributed by atoms with Crippen molar-refractivity contribution in [1.82, 2.24) is 9.55 Å². The highest BCUT2D eigenvalue weighted by molar-refractivity contribution is 5.27. The van der Waals surface area contributed by atoms with E-state index in [-0.39, 0.29) is 5.82 Å². The van der Waals surface area contributed by atoms with Crippen LogP contribution in [0, 0.1) is 11.8 Å². The molecule has 0 saturated carbocycles. The van der Waals surface area contributed by atoms with Crippen molar-refractivity contribution in [3.8, 4) is 11.8 Å². The molecule has 0 amide bonds. The SMILES string of the molecule is CC#CC1(N)[C@@H](O)[C@@H]([C@@H](C)O)O[C@H]1n1ccc(N)nc1=O. The molecule has 1 aliphatic rings. The first kappa shape index (κ1) is 15.5. The Kier molecular flexibility index (Phi) is 4.02. The largest absolute Gasteiger partial charge is 0.391 e. The Labute approximate surface area is 121 Å². The van der Waals surface area contributed by atoms with Crippen molar-refractivity contribution in [3.05, 3.63) is 22.7 Å². The maximum Gasteiger partial charge on any atom is 0.351 e. The molecule has 0 bridgehead atoms. The molecule has 1 unspecified atom stereocenters. The molecule has 0 aromatic carbocycles. The van der Waals surface area contributed by atoms with E-state index in [1.165, 1.54) is 19.2 Å². The Balaban J connectivity index is 2.54. The van der Waals surface area contributed by atoms with Gasteiger partial charge in [0.2, 0.25) is 0 Å². The van der Waals surface area contributed by atoms with Crippen molar-refractivity contribution in [2.45, 2.75) is 43.9 Å². The molecular weight excluding hydrogens is 276 g/mol. The normalized spacial score (nSPS) is 33.3. The summed E-state index contributed by atoms with van der Waals surface area (Å²) in [4.78, 5) is 15.5. The van der Waals surface area contributed by atoms with Crippen molar-refractivity contribution in [2.75, 3.05) is 5.73 Å². The van der Waals surface area contributed by atoms with Gasteiger partial charge in [0.1, 0.15) is 18.0 Å². The van der Waals surface area contributed by atoms with Crippen LogP contribution in [0.1, 0.15) is 20.1 Å². The summed E-state index contributed by atoms with van der Waals surface area (Å²) >= 11 is 0. The van der Waals surface area contributed by atoms with Gasteiger partial charge in [-0.25, -0.2) is 4.79 Å². The third-order valence-corrected chi connectivity index (χ3v) is 3.42. The minimum absolute atomic E-state index is 0.0612. The van der Waals surface area contributed by atoms with Crippen LogP contribution in [0.2, 0.25) is 0 Å². The van der Waals surface area contributed by atoms with E-state index in [4.69, 9.17) is 16.2 Å². The van der Waals surface area contributed by atoms with Gasteiger partial charge in [-0.1, -0.05) is 5.92 Å². The molecule has 6 N–H and O–H groups in total. The molecule has 114 valence electrons. The summed E-state index contributed by atoms with van der Waals surface area (Å²) < 4.78 is 6.67. The number of hydrogen-bond donors (Lipinski definition) is 4. The molecule has 21 heavy (non-hydrogen) atoms. The fraction of sp³-hybridized carbons (Fsp3) is 0.538. The van der Waals surface area contributed by atoms with Gasteiger partial charge in [0.15, 0.2) is 11.8 Å². The number of anilines is 1. The summed E-state index contributed by atoms with van der Waals surface area (Å²) in [6.45, 7) is 3.01. The maximum absolute atomic E-state index is 11.9. The van der Waals surface area contributed by atoms with E-state index in [1.54, 1.807) is 6.92 Å². The van der Waals surface area contributed by atoms with E-state index >= 15 is 0 Å². The van der Waals surface area contributed by atoms with E-state index in [1.807, 2.05) is 0 Å². The zero-order valence-corrected chi connectivity index (χ0v) is 11.7. The molecule has 0 spiro atoms. The average molecular weight is 294 g/mol. The van der Waals surface area contributed by atoms with E-state index in [9.17, 15) is 15.0 Å². The van der Waals surface area contributed by atoms with E-state index in [0.717, 1.165) is 4.57 Å². The Hall–Kier alpha value is -1.92. The third-order valence-electron chi connectivity index (χ3n) is 3.42. The van der Waals surface area contributed by atoms with Gasteiger partial charge < -0.3 is 26.4 Å². The van der Waals surface area contributed by atoms with Gasteiger partial charge in [-0.3, -0.25) is 4.57 Å². The van der Waals surface area contributed by atoms with Crippen LogP contribution in [0.15, 0.2) is 17.1 Å². The summed E-state index contributed by atoms with van der Waals surface area (Å²) in [6.07, 6.45) is -2.93. The van der Waals surface area contributed by atoms with Gasteiger partial charge in [0, 0.05) is 6.20 Å². The monoisotopic (exact) mass is 294 g/mol. The van der Waals surface area contributed by atoms with Gasteiger partial charge in [-0.05, 0) is 19.9 Å².